The van der Waals surface area contributed by atoms with E-state index in [1.54, 1.807) is 17.4 Å². The van der Waals surface area contributed by atoms with Crippen molar-refractivity contribution in [3.63, 3.8) is 0 Å². The zero-order valence-electron chi connectivity index (χ0n) is 11.6. The van der Waals surface area contributed by atoms with Gasteiger partial charge in [-0.15, -0.1) is 0 Å². The lowest BCUT2D eigenvalue weighted by atomic mass is 10.2. The predicted molar refractivity (Wildman–Crippen MR) is 75.9 cm³/mol. The highest BCUT2D eigenvalue weighted by molar-refractivity contribution is 5.67. The van der Waals surface area contributed by atoms with E-state index in [0.29, 0.717) is 19.7 Å². The molecule has 2 aromatic rings. The minimum Gasteiger partial charge on any atom is -0.445 e. The van der Waals surface area contributed by atoms with Crippen molar-refractivity contribution in [2.75, 3.05) is 6.54 Å². The molecule has 1 amide bonds. The standard InChI is InChI=1S/C15H19N3O2/c1-2-8-18(10-14-9-16-12-17-14)15(19)20-11-13-6-4-3-5-7-13/h3-7,9,12H,2,8,10-11H2,1H3,(H,16,17). The van der Waals surface area contributed by atoms with E-state index in [0.717, 1.165) is 17.7 Å². The molecule has 1 aromatic heterocycles. The van der Waals surface area contributed by atoms with Gasteiger partial charge < -0.3 is 14.6 Å². The monoisotopic (exact) mass is 273 g/mol. The van der Waals surface area contributed by atoms with Crippen LogP contribution in [0.2, 0.25) is 0 Å². The van der Waals surface area contributed by atoms with Crippen LogP contribution in [0.1, 0.15) is 24.6 Å². The average molecular weight is 273 g/mol. The third-order valence-electron chi connectivity index (χ3n) is 2.87. The summed E-state index contributed by atoms with van der Waals surface area (Å²) in [4.78, 5) is 20.7. The quantitative estimate of drug-likeness (QED) is 0.880. The molecule has 20 heavy (non-hydrogen) atoms. The number of hydrogen-bond donors (Lipinski definition) is 1. The molecule has 0 atom stereocenters. The molecular formula is C15H19N3O2. The largest absolute Gasteiger partial charge is 0.445 e. The van der Waals surface area contributed by atoms with E-state index < -0.39 is 0 Å². The van der Waals surface area contributed by atoms with E-state index in [1.807, 2.05) is 37.3 Å². The first kappa shape index (κ1) is 14.1. The van der Waals surface area contributed by atoms with Crippen LogP contribution in [0, 0.1) is 0 Å². The van der Waals surface area contributed by atoms with Gasteiger partial charge in [0.2, 0.25) is 0 Å². The van der Waals surface area contributed by atoms with Crippen LogP contribution in [0.15, 0.2) is 42.9 Å². The summed E-state index contributed by atoms with van der Waals surface area (Å²) < 4.78 is 5.34. The third-order valence-corrected chi connectivity index (χ3v) is 2.87. The van der Waals surface area contributed by atoms with Gasteiger partial charge in [-0.2, -0.15) is 0 Å². The fraction of sp³-hybridized carbons (Fsp3) is 0.333. The van der Waals surface area contributed by atoms with Gasteiger partial charge in [0.15, 0.2) is 0 Å². The highest BCUT2D eigenvalue weighted by Crippen LogP contribution is 2.07. The molecule has 1 N–H and O–H groups in total. The van der Waals surface area contributed by atoms with Crippen molar-refractivity contribution >= 4 is 6.09 Å². The summed E-state index contributed by atoms with van der Waals surface area (Å²) >= 11 is 0. The first-order chi connectivity index (χ1) is 9.79. The summed E-state index contributed by atoms with van der Waals surface area (Å²) in [7, 11) is 0. The summed E-state index contributed by atoms with van der Waals surface area (Å²) in [6, 6.07) is 9.67. The Hall–Kier alpha value is -2.30. The van der Waals surface area contributed by atoms with Crippen LogP contribution in [-0.4, -0.2) is 27.5 Å². The van der Waals surface area contributed by atoms with Gasteiger partial charge in [0.1, 0.15) is 6.61 Å². The number of carbonyl (C=O) groups is 1. The predicted octanol–water partition coefficient (Wildman–Crippen LogP) is 2.96. The van der Waals surface area contributed by atoms with Crippen molar-refractivity contribution < 1.29 is 9.53 Å². The molecule has 0 aliphatic carbocycles. The van der Waals surface area contributed by atoms with Crippen molar-refractivity contribution in [3.8, 4) is 0 Å². The summed E-state index contributed by atoms with van der Waals surface area (Å²) in [5, 5.41) is 0. The number of carbonyl (C=O) groups excluding carboxylic acids is 1. The second-order valence-corrected chi connectivity index (χ2v) is 4.54. The molecule has 5 heteroatoms. The number of aromatic amines is 1. The number of aromatic nitrogens is 2. The number of imidazole rings is 1. The van der Waals surface area contributed by atoms with Crippen LogP contribution >= 0.6 is 0 Å². The fourth-order valence-electron chi connectivity index (χ4n) is 1.89. The molecule has 0 fully saturated rings. The van der Waals surface area contributed by atoms with Crippen LogP contribution in [-0.2, 0) is 17.9 Å². The number of amides is 1. The van der Waals surface area contributed by atoms with E-state index in [1.165, 1.54) is 0 Å². The molecule has 0 aliphatic heterocycles. The minimum absolute atomic E-state index is 0.295. The van der Waals surface area contributed by atoms with Crippen molar-refractivity contribution in [1.82, 2.24) is 14.9 Å². The molecule has 0 aliphatic rings. The number of hydrogen-bond acceptors (Lipinski definition) is 3. The van der Waals surface area contributed by atoms with Crippen molar-refractivity contribution in [2.45, 2.75) is 26.5 Å². The van der Waals surface area contributed by atoms with Crippen LogP contribution in [0.5, 0.6) is 0 Å². The second-order valence-electron chi connectivity index (χ2n) is 4.54. The molecule has 0 saturated heterocycles. The zero-order chi connectivity index (χ0) is 14.2. The number of nitrogens with zero attached hydrogens (tertiary/aromatic N) is 2. The molecule has 1 heterocycles. The molecule has 5 nitrogen and oxygen atoms in total. The Bertz CT molecular complexity index is 511. The number of ether oxygens (including phenoxy) is 1. The van der Waals surface area contributed by atoms with Crippen LogP contribution in [0.4, 0.5) is 4.79 Å². The number of rotatable bonds is 6. The maximum absolute atomic E-state index is 12.1. The van der Waals surface area contributed by atoms with Crippen molar-refractivity contribution in [1.29, 1.82) is 0 Å². The molecule has 0 bridgehead atoms. The normalized spacial score (nSPS) is 10.2. The Balaban J connectivity index is 1.89. The molecule has 0 spiro atoms. The van der Waals surface area contributed by atoms with Crippen LogP contribution in [0.25, 0.3) is 0 Å². The van der Waals surface area contributed by atoms with Crippen LogP contribution in [0.3, 0.4) is 0 Å². The Kier molecular flexibility index (Phi) is 5.17. The smallest absolute Gasteiger partial charge is 0.410 e. The third kappa shape index (κ3) is 4.12. The summed E-state index contributed by atoms with van der Waals surface area (Å²) in [6.07, 6.45) is 3.90. The van der Waals surface area contributed by atoms with E-state index in [9.17, 15) is 4.79 Å². The van der Waals surface area contributed by atoms with E-state index in [4.69, 9.17) is 4.74 Å². The van der Waals surface area contributed by atoms with Gasteiger partial charge in [-0.25, -0.2) is 9.78 Å². The van der Waals surface area contributed by atoms with Gasteiger partial charge in [0.05, 0.1) is 18.6 Å². The van der Waals surface area contributed by atoms with E-state index >= 15 is 0 Å². The lowest BCUT2D eigenvalue weighted by Gasteiger charge is -2.20. The maximum atomic E-state index is 12.1. The highest BCUT2D eigenvalue weighted by atomic mass is 16.6. The van der Waals surface area contributed by atoms with Gasteiger partial charge >= 0.3 is 6.09 Å². The van der Waals surface area contributed by atoms with Gasteiger partial charge in [-0.1, -0.05) is 37.3 Å². The molecule has 1 aromatic carbocycles. The number of benzene rings is 1. The lowest BCUT2D eigenvalue weighted by Crippen LogP contribution is -2.31. The van der Waals surface area contributed by atoms with Gasteiger partial charge in [-0.3, -0.25) is 0 Å². The number of nitrogens with one attached hydrogen (secondary N) is 1. The SMILES string of the molecule is CCCN(Cc1cnc[nH]1)C(=O)OCc1ccccc1. The lowest BCUT2D eigenvalue weighted by molar-refractivity contribution is 0.0933. The first-order valence-electron chi connectivity index (χ1n) is 6.72. The topological polar surface area (TPSA) is 58.2 Å². The van der Waals surface area contributed by atoms with Crippen molar-refractivity contribution in [2.24, 2.45) is 0 Å². The molecule has 0 radical (unpaired) electrons. The fourth-order valence-corrected chi connectivity index (χ4v) is 1.89. The Morgan fingerprint density at radius 3 is 2.80 bits per heavy atom. The Morgan fingerprint density at radius 1 is 1.35 bits per heavy atom. The van der Waals surface area contributed by atoms with Crippen molar-refractivity contribution in [3.05, 3.63) is 54.1 Å². The van der Waals surface area contributed by atoms with E-state index in [-0.39, 0.29) is 6.09 Å². The highest BCUT2D eigenvalue weighted by Gasteiger charge is 2.15. The summed E-state index contributed by atoms with van der Waals surface area (Å²) in [6.45, 7) is 3.47. The van der Waals surface area contributed by atoms with E-state index in [2.05, 4.69) is 9.97 Å². The van der Waals surface area contributed by atoms with Crippen LogP contribution < -0.4 is 0 Å². The second kappa shape index (κ2) is 7.33. The molecule has 0 unspecified atom stereocenters. The average Bonchev–Trinajstić information content (AvgIpc) is 2.98. The molecule has 0 saturated carbocycles. The Labute approximate surface area is 118 Å². The van der Waals surface area contributed by atoms with Gasteiger partial charge in [0.25, 0.3) is 0 Å². The molecule has 2 rings (SSSR count). The zero-order valence-corrected chi connectivity index (χ0v) is 11.6. The van der Waals surface area contributed by atoms with Gasteiger partial charge in [-0.05, 0) is 12.0 Å². The molecule has 106 valence electrons. The summed E-state index contributed by atoms with van der Waals surface area (Å²) in [5.74, 6) is 0. The first-order valence-corrected chi connectivity index (χ1v) is 6.72. The Morgan fingerprint density at radius 2 is 2.15 bits per heavy atom. The number of H-pyrrole nitrogens is 1. The molecular weight excluding hydrogens is 254 g/mol. The van der Waals surface area contributed by atoms with Gasteiger partial charge in [0, 0.05) is 12.7 Å². The maximum Gasteiger partial charge on any atom is 0.410 e. The summed E-state index contributed by atoms with van der Waals surface area (Å²) in [5.41, 5.74) is 1.88. The minimum atomic E-state index is -0.301.